The van der Waals surface area contributed by atoms with Crippen molar-refractivity contribution in [1.29, 1.82) is 0 Å². The van der Waals surface area contributed by atoms with E-state index in [2.05, 4.69) is 20.0 Å². The number of carbonyl (C=O) groups excluding carboxylic acids is 2. The van der Waals surface area contributed by atoms with Gasteiger partial charge in [0.1, 0.15) is 6.61 Å². The molecule has 0 saturated carbocycles. The third-order valence-electron chi connectivity index (χ3n) is 3.34. The van der Waals surface area contributed by atoms with Crippen LogP contribution in [-0.4, -0.2) is 29.1 Å². The highest BCUT2D eigenvalue weighted by molar-refractivity contribution is 5.94. The van der Waals surface area contributed by atoms with Crippen molar-refractivity contribution >= 4 is 29.0 Å². The van der Waals surface area contributed by atoms with Crippen molar-refractivity contribution in [2.75, 3.05) is 12.4 Å². The molecule has 0 aliphatic heterocycles. The number of fused-ring (bicyclic) bond motifs is 1. The maximum Gasteiger partial charge on any atom is 0.413 e. The van der Waals surface area contributed by atoms with Crippen molar-refractivity contribution in [2.24, 2.45) is 0 Å². The lowest BCUT2D eigenvalue weighted by atomic mass is 10.2. The van der Waals surface area contributed by atoms with Gasteiger partial charge in [0.25, 0.3) is 0 Å². The van der Waals surface area contributed by atoms with Crippen molar-refractivity contribution < 1.29 is 19.1 Å². The van der Waals surface area contributed by atoms with E-state index in [-0.39, 0.29) is 12.6 Å². The van der Waals surface area contributed by atoms with Gasteiger partial charge < -0.3 is 14.5 Å². The van der Waals surface area contributed by atoms with Crippen LogP contribution in [0.25, 0.3) is 11.0 Å². The molecule has 3 aromatic rings. The normalized spacial score (nSPS) is 10.4. The summed E-state index contributed by atoms with van der Waals surface area (Å²) in [6.07, 6.45) is -0.628. The molecule has 2 aromatic carbocycles. The SMILES string of the molecule is COC(=O)Nc1nc2ccc(C(=O)OCc3ccccc3)cc2[nH]1. The van der Waals surface area contributed by atoms with E-state index in [4.69, 9.17) is 4.74 Å². The van der Waals surface area contributed by atoms with E-state index >= 15 is 0 Å². The first-order valence-corrected chi connectivity index (χ1v) is 7.21. The molecule has 0 fully saturated rings. The van der Waals surface area contributed by atoms with Crippen LogP contribution < -0.4 is 5.32 Å². The molecule has 0 aliphatic carbocycles. The molecule has 0 radical (unpaired) electrons. The zero-order valence-electron chi connectivity index (χ0n) is 12.9. The number of rotatable bonds is 4. The van der Waals surface area contributed by atoms with E-state index in [1.54, 1.807) is 18.2 Å². The standard InChI is InChI=1S/C17H15N3O4/c1-23-17(22)20-16-18-13-8-7-12(9-14(13)19-16)15(21)24-10-11-5-3-2-4-6-11/h2-9H,10H2,1H3,(H2,18,19,20,22). The molecule has 7 heteroatoms. The van der Waals surface area contributed by atoms with E-state index in [0.29, 0.717) is 16.6 Å². The van der Waals surface area contributed by atoms with Crippen molar-refractivity contribution in [3.8, 4) is 0 Å². The summed E-state index contributed by atoms with van der Waals surface area (Å²) in [7, 11) is 1.26. The van der Waals surface area contributed by atoms with Crippen molar-refractivity contribution in [3.05, 3.63) is 59.7 Å². The fraction of sp³-hybridized carbons (Fsp3) is 0.118. The molecular weight excluding hydrogens is 310 g/mol. The molecule has 1 aromatic heterocycles. The molecule has 1 amide bonds. The van der Waals surface area contributed by atoms with Gasteiger partial charge in [0.2, 0.25) is 5.95 Å². The summed E-state index contributed by atoms with van der Waals surface area (Å²) in [5.41, 5.74) is 2.53. The summed E-state index contributed by atoms with van der Waals surface area (Å²) >= 11 is 0. The van der Waals surface area contributed by atoms with Crippen LogP contribution in [0.3, 0.4) is 0 Å². The van der Waals surface area contributed by atoms with Gasteiger partial charge in [0, 0.05) is 0 Å². The molecule has 0 saturated heterocycles. The molecule has 0 aliphatic rings. The van der Waals surface area contributed by atoms with E-state index in [9.17, 15) is 9.59 Å². The molecule has 2 N–H and O–H groups in total. The number of H-pyrrole nitrogens is 1. The number of hydrogen-bond donors (Lipinski definition) is 2. The zero-order valence-corrected chi connectivity index (χ0v) is 12.9. The minimum Gasteiger partial charge on any atom is -0.457 e. The van der Waals surface area contributed by atoms with Gasteiger partial charge in [-0.1, -0.05) is 30.3 Å². The number of imidazole rings is 1. The number of anilines is 1. The van der Waals surface area contributed by atoms with Crippen molar-refractivity contribution in [1.82, 2.24) is 9.97 Å². The number of carbonyl (C=O) groups is 2. The van der Waals surface area contributed by atoms with Crippen molar-refractivity contribution in [2.45, 2.75) is 6.61 Å². The van der Waals surface area contributed by atoms with Gasteiger partial charge in [-0.15, -0.1) is 0 Å². The van der Waals surface area contributed by atoms with Gasteiger partial charge in [-0.25, -0.2) is 14.6 Å². The quantitative estimate of drug-likeness (QED) is 0.719. The number of nitrogens with one attached hydrogen (secondary N) is 2. The van der Waals surface area contributed by atoms with Crippen LogP contribution in [0, 0.1) is 0 Å². The van der Waals surface area contributed by atoms with E-state index in [1.165, 1.54) is 7.11 Å². The molecule has 3 rings (SSSR count). The average molecular weight is 325 g/mol. The molecule has 1 heterocycles. The van der Waals surface area contributed by atoms with Gasteiger partial charge in [-0.05, 0) is 23.8 Å². The number of nitrogens with zero attached hydrogens (tertiary/aromatic N) is 1. The highest BCUT2D eigenvalue weighted by Gasteiger charge is 2.11. The monoisotopic (exact) mass is 325 g/mol. The number of benzene rings is 2. The van der Waals surface area contributed by atoms with Crippen LogP contribution in [0.2, 0.25) is 0 Å². The summed E-state index contributed by atoms with van der Waals surface area (Å²) in [6, 6.07) is 14.4. The van der Waals surface area contributed by atoms with Crippen LogP contribution >= 0.6 is 0 Å². The Morgan fingerprint density at radius 2 is 1.96 bits per heavy atom. The Morgan fingerprint density at radius 3 is 2.71 bits per heavy atom. The minimum atomic E-state index is -0.628. The van der Waals surface area contributed by atoms with Crippen LogP contribution in [0.4, 0.5) is 10.7 Å². The lowest BCUT2D eigenvalue weighted by Gasteiger charge is -2.04. The predicted octanol–water partition coefficient (Wildman–Crippen LogP) is 3.10. The minimum absolute atomic E-state index is 0.204. The Morgan fingerprint density at radius 1 is 1.17 bits per heavy atom. The Bertz CT molecular complexity index is 874. The second-order valence-electron chi connectivity index (χ2n) is 5.00. The molecule has 24 heavy (non-hydrogen) atoms. The number of ether oxygens (including phenoxy) is 2. The van der Waals surface area contributed by atoms with Gasteiger partial charge >= 0.3 is 12.1 Å². The summed E-state index contributed by atoms with van der Waals surface area (Å²) in [5.74, 6) is -0.190. The van der Waals surface area contributed by atoms with Crippen LogP contribution in [0.15, 0.2) is 48.5 Å². The second-order valence-corrected chi connectivity index (χ2v) is 5.00. The maximum absolute atomic E-state index is 12.1. The first-order valence-electron chi connectivity index (χ1n) is 7.21. The summed E-state index contributed by atoms with van der Waals surface area (Å²) in [6.45, 7) is 0.204. The average Bonchev–Trinajstić information content (AvgIpc) is 3.01. The second kappa shape index (κ2) is 6.82. The summed E-state index contributed by atoms with van der Waals surface area (Å²) in [4.78, 5) is 30.4. The fourth-order valence-corrected chi connectivity index (χ4v) is 2.15. The van der Waals surface area contributed by atoms with Crippen LogP contribution in [-0.2, 0) is 16.1 Å². The molecule has 122 valence electrons. The van der Waals surface area contributed by atoms with Gasteiger partial charge in [-0.2, -0.15) is 0 Å². The van der Waals surface area contributed by atoms with Crippen molar-refractivity contribution in [3.63, 3.8) is 0 Å². The molecular formula is C17H15N3O4. The van der Waals surface area contributed by atoms with E-state index < -0.39 is 12.1 Å². The molecule has 0 bridgehead atoms. The van der Waals surface area contributed by atoms with E-state index in [1.807, 2.05) is 30.3 Å². The summed E-state index contributed by atoms with van der Waals surface area (Å²) in [5, 5.41) is 2.43. The first-order chi connectivity index (χ1) is 11.7. The predicted molar refractivity (Wildman–Crippen MR) is 87.7 cm³/mol. The molecule has 7 nitrogen and oxygen atoms in total. The Labute approximate surface area is 137 Å². The van der Waals surface area contributed by atoms with Gasteiger partial charge in [0.05, 0.1) is 23.7 Å². The third-order valence-corrected chi connectivity index (χ3v) is 3.34. The number of methoxy groups -OCH3 is 1. The topological polar surface area (TPSA) is 93.3 Å². The maximum atomic E-state index is 12.1. The Hall–Kier alpha value is -3.35. The molecule has 0 atom stereocenters. The Kier molecular flexibility index (Phi) is 4.42. The number of aromatic amines is 1. The Balaban J connectivity index is 1.72. The first kappa shape index (κ1) is 15.5. The van der Waals surface area contributed by atoms with Gasteiger partial charge in [0.15, 0.2) is 0 Å². The smallest absolute Gasteiger partial charge is 0.413 e. The summed E-state index contributed by atoms with van der Waals surface area (Å²) < 4.78 is 9.79. The fourth-order valence-electron chi connectivity index (χ4n) is 2.15. The molecule has 0 unspecified atom stereocenters. The highest BCUT2D eigenvalue weighted by Crippen LogP contribution is 2.17. The lowest BCUT2D eigenvalue weighted by Crippen LogP contribution is -2.11. The number of hydrogen-bond acceptors (Lipinski definition) is 5. The largest absolute Gasteiger partial charge is 0.457 e. The highest BCUT2D eigenvalue weighted by atomic mass is 16.5. The zero-order chi connectivity index (χ0) is 16.9. The number of amides is 1. The van der Waals surface area contributed by atoms with Crippen LogP contribution in [0.5, 0.6) is 0 Å². The third kappa shape index (κ3) is 3.52. The number of aromatic nitrogens is 2. The number of esters is 1. The lowest BCUT2D eigenvalue weighted by molar-refractivity contribution is 0.0473. The van der Waals surface area contributed by atoms with Crippen LogP contribution in [0.1, 0.15) is 15.9 Å². The van der Waals surface area contributed by atoms with Gasteiger partial charge in [-0.3, -0.25) is 5.32 Å². The molecule has 0 spiro atoms. The van der Waals surface area contributed by atoms with E-state index in [0.717, 1.165) is 5.56 Å².